The molecule has 3 heteroatoms. The highest BCUT2D eigenvalue weighted by atomic mass is 16.5. The van der Waals surface area contributed by atoms with Crippen LogP contribution in [0.5, 0.6) is 0 Å². The smallest absolute Gasteiger partial charge is 0.544 e. The van der Waals surface area contributed by atoms with E-state index in [4.69, 9.17) is 5.02 Å². The van der Waals surface area contributed by atoms with E-state index < -0.39 is 0 Å². The zero-order chi connectivity index (χ0) is 6.95. The van der Waals surface area contributed by atoms with Gasteiger partial charge in [-0.3, -0.25) is 0 Å². The van der Waals surface area contributed by atoms with Gasteiger partial charge in [0.25, 0.3) is 0 Å². The van der Waals surface area contributed by atoms with Crippen LogP contribution in [0.2, 0.25) is 0 Å². The molecular weight excluding hydrogens is 115 g/mol. The lowest BCUT2D eigenvalue weighted by molar-refractivity contribution is 0.404. The molecule has 0 aliphatic carbocycles. The van der Waals surface area contributed by atoms with Crippen LogP contribution in [0.15, 0.2) is 12.3 Å². The maximum absolute atomic E-state index is 8.02. The normalized spacial score (nSPS) is 10.0. The minimum absolute atomic E-state index is 0.669. The van der Waals surface area contributed by atoms with Gasteiger partial charge in [0.15, 0.2) is 0 Å². The number of hydrogen-bond acceptors (Lipinski definition) is 2. The van der Waals surface area contributed by atoms with Gasteiger partial charge in [-0.2, -0.15) is 0 Å². The van der Waals surface area contributed by atoms with Gasteiger partial charge in [0.1, 0.15) is 0 Å². The Bertz CT molecular complexity index is 73.5. The summed E-state index contributed by atoms with van der Waals surface area (Å²) in [7, 11) is 0.669. The van der Waals surface area contributed by atoms with Crippen LogP contribution in [-0.4, -0.2) is 12.7 Å². The molecule has 0 rings (SSSR count). The van der Waals surface area contributed by atoms with Crippen molar-refractivity contribution < 1.29 is 9.68 Å². The Balaban J connectivity index is 2.86. The van der Waals surface area contributed by atoms with Crippen LogP contribution in [0, 0.1) is 0 Å². The van der Waals surface area contributed by atoms with Crippen molar-refractivity contribution in [2.45, 2.75) is 26.2 Å². The van der Waals surface area contributed by atoms with Crippen LogP contribution < -0.4 is 0 Å². The van der Waals surface area contributed by atoms with Gasteiger partial charge in [0.2, 0.25) is 0 Å². The third-order valence-electron chi connectivity index (χ3n) is 0.960. The molecule has 0 spiro atoms. The summed E-state index contributed by atoms with van der Waals surface area (Å²) in [5, 5.41) is 8.02. The summed E-state index contributed by atoms with van der Waals surface area (Å²) >= 11 is 0. The SMILES string of the molecule is CCCC/C=C/O[B]O. The molecule has 0 bridgehead atoms. The third-order valence-corrected chi connectivity index (χ3v) is 0.960. The Morgan fingerprint density at radius 2 is 2.44 bits per heavy atom. The largest absolute Gasteiger partial charge is 0.568 e. The van der Waals surface area contributed by atoms with Gasteiger partial charge in [0, 0.05) is 0 Å². The highest BCUT2D eigenvalue weighted by molar-refractivity contribution is 6.16. The van der Waals surface area contributed by atoms with E-state index in [-0.39, 0.29) is 0 Å². The number of allylic oxidation sites excluding steroid dienone is 1. The van der Waals surface area contributed by atoms with Crippen molar-refractivity contribution in [1.29, 1.82) is 0 Å². The molecule has 0 aromatic rings. The van der Waals surface area contributed by atoms with Crippen LogP contribution in [0.4, 0.5) is 0 Å². The van der Waals surface area contributed by atoms with E-state index >= 15 is 0 Å². The first-order valence-corrected chi connectivity index (χ1v) is 3.18. The van der Waals surface area contributed by atoms with E-state index in [2.05, 4.69) is 11.6 Å². The molecule has 1 N–H and O–H groups in total. The van der Waals surface area contributed by atoms with E-state index in [1.807, 2.05) is 6.08 Å². The second kappa shape index (κ2) is 7.56. The summed E-state index contributed by atoms with van der Waals surface area (Å²) in [4.78, 5) is 0. The summed E-state index contributed by atoms with van der Waals surface area (Å²) in [6, 6.07) is 0. The molecule has 0 aliphatic rings. The zero-order valence-corrected chi connectivity index (χ0v) is 5.71. The Hall–Kier alpha value is -0.435. The van der Waals surface area contributed by atoms with Crippen molar-refractivity contribution in [1.82, 2.24) is 0 Å². The quantitative estimate of drug-likeness (QED) is 0.342. The van der Waals surface area contributed by atoms with Gasteiger partial charge < -0.3 is 9.68 Å². The Morgan fingerprint density at radius 1 is 1.67 bits per heavy atom. The van der Waals surface area contributed by atoms with Gasteiger partial charge in [0.05, 0.1) is 6.26 Å². The minimum Gasteiger partial charge on any atom is -0.544 e. The summed E-state index contributed by atoms with van der Waals surface area (Å²) in [6.07, 6.45) is 6.74. The Morgan fingerprint density at radius 3 is 3.00 bits per heavy atom. The van der Waals surface area contributed by atoms with Gasteiger partial charge in [-0.05, 0) is 12.8 Å². The standard InChI is InChI=1S/C6H12BO2/c1-2-3-4-5-6-9-7-8/h5-6,8H,2-4H2,1H3/b6-5+. The van der Waals surface area contributed by atoms with Gasteiger partial charge in [-0.1, -0.05) is 19.4 Å². The summed E-state index contributed by atoms with van der Waals surface area (Å²) in [5.41, 5.74) is 0. The second-order valence-electron chi connectivity index (χ2n) is 1.76. The van der Waals surface area contributed by atoms with E-state index in [0.717, 1.165) is 6.42 Å². The molecule has 51 valence electrons. The molecule has 0 heterocycles. The molecule has 1 radical (unpaired) electrons. The van der Waals surface area contributed by atoms with Gasteiger partial charge in [-0.25, -0.2) is 0 Å². The third kappa shape index (κ3) is 7.56. The first-order chi connectivity index (χ1) is 4.41. The number of hydrogen-bond donors (Lipinski definition) is 1. The molecule has 0 atom stereocenters. The fourth-order valence-electron chi connectivity index (χ4n) is 0.481. The number of unbranched alkanes of at least 4 members (excludes halogenated alkanes) is 2. The minimum atomic E-state index is 0.669. The second-order valence-corrected chi connectivity index (χ2v) is 1.76. The molecule has 0 amide bonds. The fraction of sp³-hybridized carbons (Fsp3) is 0.667. The maximum Gasteiger partial charge on any atom is 0.568 e. The van der Waals surface area contributed by atoms with Crippen LogP contribution >= 0.6 is 0 Å². The van der Waals surface area contributed by atoms with Crippen molar-refractivity contribution in [3.05, 3.63) is 12.3 Å². The van der Waals surface area contributed by atoms with Crippen LogP contribution in [0.1, 0.15) is 26.2 Å². The lowest BCUT2D eigenvalue weighted by atomic mass is 10.2. The van der Waals surface area contributed by atoms with E-state index in [9.17, 15) is 0 Å². The molecule has 0 aromatic carbocycles. The average Bonchev–Trinajstić information content (AvgIpc) is 1.89. The van der Waals surface area contributed by atoms with Gasteiger partial charge in [-0.15, -0.1) is 0 Å². The highest BCUT2D eigenvalue weighted by Crippen LogP contribution is 1.94. The lowest BCUT2D eigenvalue weighted by Crippen LogP contribution is -1.86. The average molecular weight is 127 g/mol. The molecule has 2 nitrogen and oxygen atoms in total. The monoisotopic (exact) mass is 127 g/mol. The van der Waals surface area contributed by atoms with Crippen LogP contribution in [0.25, 0.3) is 0 Å². The van der Waals surface area contributed by atoms with Crippen LogP contribution in [-0.2, 0) is 4.65 Å². The predicted octanol–water partition coefficient (Wildman–Crippen LogP) is 1.23. The number of rotatable bonds is 5. The topological polar surface area (TPSA) is 29.5 Å². The van der Waals surface area contributed by atoms with Crippen molar-refractivity contribution in [2.75, 3.05) is 0 Å². The first kappa shape index (κ1) is 8.56. The van der Waals surface area contributed by atoms with Crippen molar-refractivity contribution in [3.63, 3.8) is 0 Å². The summed E-state index contributed by atoms with van der Waals surface area (Å²) < 4.78 is 4.43. The summed E-state index contributed by atoms with van der Waals surface area (Å²) in [6.45, 7) is 2.13. The van der Waals surface area contributed by atoms with E-state index in [1.165, 1.54) is 19.1 Å². The molecule has 0 unspecified atom stereocenters. The molecule has 9 heavy (non-hydrogen) atoms. The van der Waals surface area contributed by atoms with Crippen LogP contribution in [0.3, 0.4) is 0 Å². The first-order valence-electron chi connectivity index (χ1n) is 3.18. The van der Waals surface area contributed by atoms with Crippen molar-refractivity contribution in [3.8, 4) is 0 Å². The van der Waals surface area contributed by atoms with Gasteiger partial charge >= 0.3 is 7.69 Å². The highest BCUT2D eigenvalue weighted by Gasteiger charge is 1.79. The van der Waals surface area contributed by atoms with Crippen molar-refractivity contribution in [2.24, 2.45) is 0 Å². The van der Waals surface area contributed by atoms with E-state index in [0.29, 0.717) is 7.69 Å². The molecule has 0 saturated heterocycles. The molecular formula is C6H12BO2. The predicted molar refractivity (Wildman–Crippen MR) is 37.7 cm³/mol. The molecule has 0 aromatic heterocycles. The molecule has 0 aliphatic heterocycles. The lowest BCUT2D eigenvalue weighted by Gasteiger charge is -1.89. The Labute approximate surface area is 56.8 Å². The Kier molecular flexibility index (Phi) is 7.20. The molecule has 0 fully saturated rings. The zero-order valence-electron chi connectivity index (χ0n) is 5.71. The fourth-order valence-corrected chi connectivity index (χ4v) is 0.481. The summed E-state index contributed by atoms with van der Waals surface area (Å²) in [5.74, 6) is 0. The molecule has 0 saturated carbocycles. The van der Waals surface area contributed by atoms with Crippen molar-refractivity contribution >= 4 is 7.69 Å². The van der Waals surface area contributed by atoms with E-state index in [1.54, 1.807) is 0 Å². The maximum atomic E-state index is 8.02.